The van der Waals surface area contributed by atoms with Gasteiger partial charge < -0.3 is 10.1 Å². The molecule has 5 heteroatoms. The van der Waals surface area contributed by atoms with Gasteiger partial charge in [-0.05, 0) is 26.5 Å². The van der Waals surface area contributed by atoms with Gasteiger partial charge in [-0.2, -0.15) is 13.2 Å². The molecule has 0 amide bonds. The molecule has 0 spiro atoms. The van der Waals surface area contributed by atoms with Gasteiger partial charge in [0, 0.05) is 5.56 Å². The fraction of sp³-hybridized carbons (Fsp3) is 0.538. The lowest BCUT2D eigenvalue weighted by molar-refractivity contribution is -0.195. The van der Waals surface area contributed by atoms with Gasteiger partial charge >= 0.3 is 6.18 Å². The second-order valence-corrected chi connectivity index (χ2v) is 4.08. The van der Waals surface area contributed by atoms with E-state index >= 15 is 0 Å². The molecule has 18 heavy (non-hydrogen) atoms. The topological polar surface area (TPSA) is 21.3 Å². The highest BCUT2D eigenvalue weighted by Gasteiger charge is 2.53. The Balaban J connectivity index is 3.29. The third-order valence-corrected chi connectivity index (χ3v) is 2.82. The molecule has 0 radical (unpaired) electrons. The number of para-hydroxylation sites is 1. The summed E-state index contributed by atoms with van der Waals surface area (Å²) in [5, 5.41) is 2.51. The summed E-state index contributed by atoms with van der Waals surface area (Å²) in [7, 11) is 0. The minimum absolute atomic E-state index is 0.112. The van der Waals surface area contributed by atoms with Crippen LogP contribution in [0.25, 0.3) is 0 Å². The molecule has 0 saturated heterocycles. The van der Waals surface area contributed by atoms with Crippen molar-refractivity contribution in [1.29, 1.82) is 0 Å². The molecule has 0 fully saturated rings. The molecule has 1 aromatic rings. The zero-order chi connectivity index (χ0) is 13.8. The third kappa shape index (κ3) is 2.77. The van der Waals surface area contributed by atoms with Crippen molar-refractivity contribution in [2.45, 2.75) is 32.5 Å². The maximum Gasteiger partial charge on any atom is 0.410 e. The predicted molar refractivity (Wildman–Crippen MR) is 64.7 cm³/mol. The number of halogens is 3. The fourth-order valence-electron chi connectivity index (χ4n) is 1.86. The molecule has 0 aromatic heterocycles. The number of hydrogen-bond acceptors (Lipinski definition) is 2. The first-order valence-corrected chi connectivity index (χ1v) is 5.90. The highest BCUT2D eigenvalue weighted by atomic mass is 19.4. The van der Waals surface area contributed by atoms with E-state index in [0.29, 0.717) is 6.61 Å². The third-order valence-electron chi connectivity index (χ3n) is 2.82. The van der Waals surface area contributed by atoms with Crippen molar-refractivity contribution in [1.82, 2.24) is 5.32 Å². The standard InChI is InChI=1S/C13H18F3NO/c1-4-17-12(3,13(14,15)16)10-8-6-7-9-11(10)18-5-2/h6-9,17H,4-5H2,1-3H3. The van der Waals surface area contributed by atoms with Crippen molar-refractivity contribution in [2.24, 2.45) is 0 Å². The van der Waals surface area contributed by atoms with Crippen LogP contribution in [0.3, 0.4) is 0 Å². The minimum Gasteiger partial charge on any atom is -0.494 e. The zero-order valence-electron chi connectivity index (χ0n) is 10.8. The van der Waals surface area contributed by atoms with Gasteiger partial charge in [0.1, 0.15) is 11.3 Å². The number of hydrogen-bond donors (Lipinski definition) is 1. The first-order valence-electron chi connectivity index (χ1n) is 5.90. The molecule has 0 bridgehead atoms. The highest BCUT2D eigenvalue weighted by molar-refractivity contribution is 5.40. The summed E-state index contributed by atoms with van der Waals surface area (Å²) in [4.78, 5) is 0. The van der Waals surface area contributed by atoms with Crippen molar-refractivity contribution < 1.29 is 17.9 Å². The minimum atomic E-state index is -4.39. The average molecular weight is 261 g/mol. The van der Waals surface area contributed by atoms with Crippen molar-refractivity contribution >= 4 is 0 Å². The fourth-order valence-corrected chi connectivity index (χ4v) is 1.86. The Morgan fingerprint density at radius 1 is 1.17 bits per heavy atom. The van der Waals surface area contributed by atoms with Gasteiger partial charge in [-0.3, -0.25) is 0 Å². The Morgan fingerprint density at radius 3 is 2.28 bits per heavy atom. The quantitative estimate of drug-likeness (QED) is 0.876. The maximum absolute atomic E-state index is 13.3. The van der Waals surface area contributed by atoms with Crippen LogP contribution in [-0.4, -0.2) is 19.3 Å². The van der Waals surface area contributed by atoms with E-state index in [0.717, 1.165) is 6.92 Å². The molecular formula is C13H18F3NO. The second-order valence-electron chi connectivity index (χ2n) is 4.08. The number of ether oxygens (including phenoxy) is 1. The van der Waals surface area contributed by atoms with Crippen molar-refractivity contribution in [3.05, 3.63) is 29.8 Å². The SMILES string of the molecule is CCNC(C)(c1ccccc1OCC)C(F)(F)F. The summed E-state index contributed by atoms with van der Waals surface area (Å²) < 4.78 is 45.1. The molecule has 1 rings (SSSR count). The lowest BCUT2D eigenvalue weighted by Crippen LogP contribution is -2.51. The summed E-state index contributed by atoms with van der Waals surface area (Å²) in [6.07, 6.45) is -4.39. The Labute approximate surface area is 105 Å². The Kier molecular flexibility index (Phi) is 4.62. The van der Waals surface area contributed by atoms with Crippen LogP contribution in [-0.2, 0) is 5.54 Å². The predicted octanol–water partition coefficient (Wildman–Crippen LogP) is 3.47. The van der Waals surface area contributed by atoms with E-state index in [2.05, 4.69) is 5.32 Å². The lowest BCUT2D eigenvalue weighted by Gasteiger charge is -2.34. The van der Waals surface area contributed by atoms with Crippen LogP contribution in [0.15, 0.2) is 24.3 Å². The van der Waals surface area contributed by atoms with E-state index in [1.807, 2.05) is 0 Å². The molecule has 2 nitrogen and oxygen atoms in total. The van der Waals surface area contributed by atoms with Crippen LogP contribution in [0.4, 0.5) is 13.2 Å². The van der Waals surface area contributed by atoms with E-state index in [-0.39, 0.29) is 17.9 Å². The number of nitrogens with one attached hydrogen (secondary N) is 1. The van der Waals surface area contributed by atoms with Gasteiger partial charge in [0.25, 0.3) is 0 Å². The largest absolute Gasteiger partial charge is 0.494 e. The van der Waals surface area contributed by atoms with Crippen LogP contribution in [0.1, 0.15) is 26.3 Å². The van der Waals surface area contributed by atoms with Crippen molar-refractivity contribution in [3.8, 4) is 5.75 Å². The van der Waals surface area contributed by atoms with E-state index in [9.17, 15) is 13.2 Å². The van der Waals surface area contributed by atoms with Gasteiger partial charge in [-0.1, -0.05) is 25.1 Å². The normalized spacial score (nSPS) is 15.2. The van der Waals surface area contributed by atoms with E-state index in [1.54, 1.807) is 32.0 Å². The smallest absolute Gasteiger partial charge is 0.410 e. The van der Waals surface area contributed by atoms with Gasteiger partial charge in [0.2, 0.25) is 0 Å². The van der Waals surface area contributed by atoms with Crippen LogP contribution < -0.4 is 10.1 Å². The molecule has 0 saturated carbocycles. The van der Waals surface area contributed by atoms with Crippen LogP contribution >= 0.6 is 0 Å². The van der Waals surface area contributed by atoms with E-state index in [4.69, 9.17) is 4.74 Å². The first kappa shape index (κ1) is 14.8. The van der Waals surface area contributed by atoms with E-state index in [1.165, 1.54) is 6.07 Å². The Morgan fingerprint density at radius 2 is 1.78 bits per heavy atom. The van der Waals surface area contributed by atoms with Gasteiger partial charge in [0.15, 0.2) is 0 Å². The van der Waals surface area contributed by atoms with Crippen molar-refractivity contribution in [3.63, 3.8) is 0 Å². The first-order chi connectivity index (χ1) is 8.36. The summed E-state index contributed by atoms with van der Waals surface area (Å²) in [5.41, 5.74) is -1.99. The van der Waals surface area contributed by atoms with Gasteiger partial charge in [0.05, 0.1) is 6.61 Å². The van der Waals surface area contributed by atoms with Gasteiger partial charge in [-0.25, -0.2) is 0 Å². The summed E-state index contributed by atoms with van der Waals surface area (Å²) in [6.45, 7) is 5.07. The van der Waals surface area contributed by atoms with Crippen LogP contribution in [0, 0.1) is 0 Å². The summed E-state index contributed by atoms with van der Waals surface area (Å²) in [5.74, 6) is 0.265. The molecule has 1 unspecified atom stereocenters. The zero-order valence-corrected chi connectivity index (χ0v) is 10.8. The molecule has 1 atom stereocenters. The molecule has 1 aromatic carbocycles. The molecule has 1 N–H and O–H groups in total. The highest BCUT2D eigenvalue weighted by Crippen LogP contribution is 2.42. The van der Waals surface area contributed by atoms with Crippen molar-refractivity contribution in [2.75, 3.05) is 13.2 Å². The molecular weight excluding hydrogens is 243 g/mol. The van der Waals surface area contributed by atoms with E-state index < -0.39 is 11.7 Å². The second kappa shape index (κ2) is 5.61. The molecule has 102 valence electrons. The number of rotatable bonds is 5. The maximum atomic E-state index is 13.3. The molecule has 0 heterocycles. The number of benzene rings is 1. The summed E-state index contributed by atoms with van der Waals surface area (Å²) >= 11 is 0. The molecule has 0 aliphatic heterocycles. The van der Waals surface area contributed by atoms with Gasteiger partial charge in [-0.15, -0.1) is 0 Å². The van der Waals surface area contributed by atoms with Crippen LogP contribution in [0.2, 0.25) is 0 Å². The molecule has 0 aliphatic carbocycles. The average Bonchev–Trinajstić information content (AvgIpc) is 2.29. The number of alkyl halides is 3. The Bertz CT molecular complexity index is 392. The van der Waals surface area contributed by atoms with Crippen LogP contribution in [0.5, 0.6) is 5.75 Å². The lowest BCUT2D eigenvalue weighted by atomic mass is 9.90. The molecule has 0 aliphatic rings. The monoisotopic (exact) mass is 261 g/mol. The summed E-state index contributed by atoms with van der Waals surface area (Å²) in [6, 6.07) is 6.25. The Hall–Kier alpha value is -1.23.